The minimum absolute atomic E-state index is 0.201. The van der Waals surface area contributed by atoms with Gasteiger partial charge in [-0.05, 0) is 44.9 Å². The maximum absolute atomic E-state index is 11.6. The van der Waals surface area contributed by atoms with Crippen LogP contribution < -0.4 is 10.6 Å². The molecule has 0 aromatic carbocycles. The standard InChI is InChI=1S/C14H24N2O2/c17-13(16-11-2-3-11)4-8-15-12-5-9-18-14(10-12)6-1-7-14/h11-12,15H,1-10H2,(H,16,17). The first kappa shape index (κ1) is 12.4. The number of ether oxygens (including phenoxy) is 1. The van der Waals surface area contributed by atoms with Crippen LogP contribution in [0.15, 0.2) is 0 Å². The Bertz CT molecular complexity index is 311. The molecule has 0 radical (unpaired) electrons. The normalized spacial score (nSPS) is 29.9. The molecular weight excluding hydrogens is 228 g/mol. The molecule has 0 aromatic heterocycles. The predicted octanol–water partition coefficient (Wildman–Crippen LogP) is 1.35. The van der Waals surface area contributed by atoms with Crippen molar-refractivity contribution in [3.05, 3.63) is 0 Å². The van der Waals surface area contributed by atoms with Crippen molar-refractivity contribution < 1.29 is 9.53 Å². The summed E-state index contributed by atoms with van der Waals surface area (Å²) in [7, 11) is 0. The Morgan fingerprint density at radius 2 is 2.06 bits per heavy atom. The largest absolute Gasteiger partial charge is 0.375 e. The first-order valence-electron chi connectivity index (χ1n) is 7.43. The zero-order valence-electron chi connectivity index (χ0n) is 11.0. The van der Waals surface area contributed by atoms with E-state index in [4.69, 9.17) is 4.74 Å². The fraction of sp³-hybridized carbons (Fsp3) is 0.929. The Morgan fingerprint density at radius 3 is 2.72 bits per heavy atom. The summed E-state index contributed by atoms with van der Waals surface area (Å²) in [5.74, 6) is 0.204. The minimum Gasteiger partial charge on any atom is -0.375 e. The number of carbonyl (C=O) groups is 1. The Balaban J connectivity index is 1.33. The molecular formula is C14H24N2O2. The summed E-state index contributed by atoms with van der Waals surface area (Å²) in [6, 6.07) is 1.03. The fourth-order valence-electron chi connectivity index (χ4n) is 3.04. The fourth-order valence-corrected chi connectivity index (χ4v) is 3.04. The van der Waals surface area contributed by atoms with Crippen LogP contribution in [-0.4, -0.2) is 36.7 Å². The first-order chi connectivity index (χ1) is 8.76. The second-order valence-electron chi connectivity index (χ2n) is 6.12. The summed E-state index contributed by atoms with van der Waals surface area (Å²) in [5.41, 5.74) is 0.201. The van der Waals surface area contributed by atoms with Crippen LogP contribution >= 0.6 is 0 Å². The lowest BCUT2D eigenvalue weighted by molar-refractivity contribution is -0.135. The van der Waals surface area contributed by atoms with E-state index in [1.54, 1.807) is 0 Å². The van der Waals surface area contributed by atoms with Gasteiger partial charge in [-0.1, -0.05) is 0 Å². The Labute approximate surface area is 109 Å². The summed E-state index contributed by atoms with van der Waals surface area (Å²) in [6.07, 6.45) is 8.95. The molecule has 2 N–H and O–H groups in total. The molecule has 1 heterocycles. The van der Waals surface area contributed by atoms with Gasteiger partial charge in [0.15, 0.2) is 0 Å². The highest BCUT2D eigenvalue weighted by Crippen LogP contribution is 2.42. The third kappa shape index (κ3) is 3.04. The summed E-state index contributed by atoms with van der Waals surface area (Å²) in [5, 5.41) is 6.56. The molecule has 3 rings (SSSR count). The Hall–Kier alpha value is -0.610. The Kier molecular flexibility index (Phi) is 3.57. The molecule has 1 aliphatic heterocycles. The van der Waals surface area contributed by atoms with E-state index in [0.29, 0.717) is 18.5 Å². The minimum atomic E-state index is 0.201. The lowest BCUT2D eigenvalue weighted by atomic mass is 9.74. The van der Waals surface area contributed by atoms with E-state index in [-0.39, 0.29) is 11.5 Å². The van der Waals surface area contributed by atoms with E-state index in [1.807, 2.05) is 0 Å². The second-order valence-corrected chi connectivity index (χ2v) is 6.12. The topological polar surface area (TPSA) is 50.4 Å². The van der Waals surface area contributed by atoms with Crippen molar-refractivity contribution in [3.8, 4) is 0 Å². The van der Waals surface area contributed by atoms with Crippen LogP contribution in [0.2, 0.25) is 0 Å². The van der Waals surface area contributed by atoms with Gasteiger partial charge in [-0.25, -0.2) is 0 Å². The van der Waals surface area contributed by atoms with E-state index in [0.717, 1.165) is 26.0 Å². The van der Waals surface area contributed by atoms with Crippen LogP contribution in [0.4, 0.5) is 0 Å². The molecule has 4 nitrogen and oxygen atoms in total. The van der Waals surface area contributed by atoms with E-state index in [9.17, 15) is 4.79 Å². The van der Waals surface area contributed by atoms with Gasteiger partial charge in [-0.2, -0.15) is 0 Å². The molecule has 0 bridgehead atoms. The predicted molar refractivity (Wildman–Crippen MR) is 69.3 cm³/mol. The van der Waals surface area contributed by atoms with Gasteiger partial charge in [0.1, 0.15) is 0 Å². The molecule has 1 amide bonds. The summed E-state index contributed by atoms with van der Waals surface area (Å²) in [4.78, 5) is 11.6. The number of hydrogen-bond donors (Lipinski definition) is 2. The van der Waals surface area contributed by atoms with Crippen LogP contribution in [0.25, 0.3) is 0 Å². The van der Waals surface area contributed by atoms with Gasteiger partial charge in [0.2, 0.25) is 5.91 Å². The number of rotatable bonds is 5. The van der Waals surface area contributed by atoms with Crippen LogP contribution in [0.1, 0.15) is 51.4 Å². The molecule has 3 aliphatic rings. The number of hydrogen-bond acceptors (Lipinski definition) is 3. The highest BCUT2D eigenvalue weighted by molar-refractivity contribution is 5.76. The van der Waals surface area contributed by atoms with Crippen molar-refractivity contribution in [1.29, 1.82) is 0 Å². The van der Waals surface area contributed by atoms with Crippen molar-refractivity contribution in [2.45, 2.75) is 69.1 Å². The second kappa shape index (κ2) is 5.17. The smallest absolute Gasteiger partial charge is 0.221 e. The summed E-state index contributed by atoms with van der Waals surface area (Å²) >= 11 is 0. The molecule has 2 aliphatic carbocycles. The van der Waals surface area contributed by atoms with Crippen LogP contribution in [0.3, 0.4) is 0 Å². The molecule has 4 heteroatoms. The van der Waals surface area contributed by atoms with Crippen molar-refractivity contribution >= 4 is 5.91 Å². The number of nitrogens with one attached hydrogen (secondary N) is 2. The average molecular weight is 252 g/mol. The molecule has 0 aromatic rings. The molecule has 3 fully saturated rings. The zero-order chi connectivity index (χ0) is 12.4. The molecule has 102 valence electrons. The van der Waals surface area contributed by atoms with Gasteiger partial charge in [0.25, 0.3) is 0 Å². The van der Waals surface area contributed by atoms with Crippen LogP contribution in [0.5, 0.6) is 0 Å². The molecule has 1 spiro atoms. The van der Waals surface area contributed by atoms with Gasteiger partial charge in [0, 0.05) is 31.7 Å². The number of amides is 1. The third-order valence-electron chi connectivity index (χ3n) is 4.49. The average Bonchev–Trinajstić information content (AvgIpc) is 3.11. The van der Waals surface area contributed by atoms with E-state index in [1.165, 1.54) is 32.1 Å². The van der Waals surface area contributed by atoms with Crippen molar-refractivity contribution in [3.63, 3.8) is 0 Å². The van der Waals surface area contributed by atoms with Gasteiger partial charge in [-0.3, -0.25) is 4.79 Å². The van der Waals surface area contributed by atoms with Crippen molar-refractivity contribution in [2.75, 3.05) is 13.2 Å². The van der Waals surface area contributed by atoms with E-state index < -0.39 is 0 Å². The van der Waals surface area contributed by atoms with Crippen LogP contribution in [0, 0.1) is 0 Å². The molecule has 1 saturated heterocycles. The van der Waals surface area contributed by atoms with E-state index >= 15 is 0 Å². The zero-order valence-corrected chi connectivity index (χ0v) is 11.0. The maximum Gasteiger partial charge on any atom is 0.221 e. The lowest BCUT2D eigenvalue weighted by Crippen LogP contribution is -2.51. The Morgan fingerprint density at radius 1 is 1.22 bits per heavy atom. The van der Waals surface area contributed by atoms with Crippen molar-refractivity contribution in [2.24, 2.45) is 0 Å². The van der Waals surface area contributed by atoms with Gasteiger partial charge >= 0.3 is 0 Å². The highest BCUT2D eigenvalue weighted by atomic mass is 16.5. The molecule has 1 unspecified atom stereocenters. The summed E-state index contributed by atoms with van der Waals surface area (Å²) < 4.78 is 5.90. The molecule has 1 atom stereocenters. The van der Waals surface area contributed by atoms with E-state index in [2.05, 4.69) is 10.6 Å². The molecule has 18 heavy (non-hydrogen) atoms. The lowest BCUT2D eigenvalue weighted by Gasteiger charge is -2.47. The van der Waals surface area contributed by atoms with Crippen molar-refractivity contribution in [1.82, 2.24) is 10.6 Å². The first-order valence-corrected chi connectivity index (χ1v) is 7.43. The van der Waals surface area contributed by atoms with Gasteiger partial charge < -0.3 is 15.4 Å². The third-order valence-corrected chi connectivity index (χ3v) is 4.49. The van der Waals surface area contributed by atoms with Gasteiger partial charge in [-0.15, -0.1) is 0 Å². The number of carbonyl (C=O) groups excluding carboxylic acids is 1. The highest BCUT2D eigenvalue weighted by Gasteiger charge is 2.42. The quantitative estimate of drug-likeness (QED) is 0.776. The summed E-state index contributed by atoms with van der Waals surface area (Å²) in [6.45, 7) is 1.69. The molecule has 2 saturated carbocycles. The van der Waals surface area contributed by atoms with Crippen LogP contribution in [-0.2, 0) is 9.53 Å². The SMILES string of the molecule is O=C(CCNC1CCOC2(CCC2)C1)NC1CC1. The maximum atomic E-state index is 11.6. The monoisotopic (exact) mass is 252 g/mol. The van der Waals surface area contributed by atoms with Gasteiger partial charge in [0.05, 0.1) is 5.60 Å².